The summed E-state index contributed by atoms with van der Waals surface area (Å²) in [4.78, 5) is 4.38. The Morgan fingerprint density at radius 1 is 1.77 bits per heavy atom. The Morgan fingerprint density at radius 3 is 3.08 bits per heavy atom. The van der Waals surface area contributed by atoms with Gasteiger partial charge in [0.15, 0.2) is 5.17 Å². The molecule has 1 aliphatic rings. The summed E-state index contributed by atoms with van der Waals surface area (Å²) in [7, 11) is -0.672. The second-order valence-corrected chi connectivity index (χ2v) is 5.74. The van der Waals surface area contributed by atoms with Crippen molar-refractivity contribution in [2.45, 2.75) is 19.4 Å². The van der Waals surface area contributed by atoms with Crippen LogP contribution in [0.1, 0.15) is 13.3 Å². The Hall–Kier alpha value is -0.0300. The summed E-state index contributed by atoms with van der Waals surface area (Å²) in [6.07, 6.45) is 2.65. The molecule has 1 fully saturated rings. The van der Waals surface area contributed by atoms with Crippen molar-refractivity contribution >= 4 is 27.7 Å². The van der Waals surface area contributed by atoms with E-state index < -0.39 is 10.8 Å². The zero-order valence-corrected chi connectivity index (χ0v) is 9.71. The zero-order chi connectivity index (χ0) is 9.68. The Morgan fingerprint density at radius 2 is 2.54 bits per heavy atom. The Bertz CT molecular complexity index is 218. The quantitative estimate of drug-likeness (QED) is 0.714. The fourth-order valence-electron chi connectivity index (χ4n) is 1.04. The molecule has 0 bridgehead atoms. The lowest BCUT2D eigenvalue weighted by molar-refractivity contribution is 0.684. The van der Waals surface area contributed by atoms with E-state index in [0.29, 0.717) is 6.04 Å². The SMILES string of the molecule is CC1CSC(=NCCCS(C)=O)N1. The fourth-order valence-corrected chi connectivity index (χ4v) is 2.53. The highest BCUT2D eigenvalue weighted by Crippen LogP contribution is 2.12. The molecule has 0 saturated carbocycles. The molecule has 0 aromatic heterocycles. The third kappa shape index (κ3) is 4.67. The molecule has 3 nitrogen and oxygen atoms in total. The van der Waals surface area contributed by atoms with Crippen molar-refractivity contribution in [3.8, 4) is 0 Å². The van der Waals surface area contributed by atoms with Crippen LogP contribution in [-0.4, -0.2) is 39.7 Å². The number of nitrogens with one attached hydrogen (secondary N) is 1. The monoisotopic (exact) mass is 220 g/mol. The first kappa shape index (κ1) is 11.0. The van der Waals surface area contributed by atoms with Crippen molar-refractivity contribution in [3.05, 3.63) is 0 Å². The van der Waals surface area contributed by atoms with Crippen molar-refractivity contribution in [3.63, 3.8) is 0 Å². The van der Waals surface area contributed by atoms with Gasteiger partial charge in [0.25, 0.3) is 0 Å². The van der Waals surface area contributed by atoms with E-state index in [0.717, 1.165) is 29.6 Å². The average molecular weight is 220 g/mol. The van der Waals surface area contributed by atoms with Crippen molar-refractivity contribution in [2.24, 2.45) is 4.99 Å². The lowest BCUT2D eigenvalue weighted by Gasteiger charge is -2.00. The first-order chi connectivity index (χ1) is 6.18. The number of nitrogens with zero attached hydrogens (tertiary/aromatic N) is 1. The first-order valence-corrected chi connectivity index (χ1v) is 7.13. The van der Waals surface area contributed by atoms with E-state index in [1.54, 1.807) is 18.0 Å². The molecule has 1 aliphatic heterocycles. The third-order valence-electron chi connectivity index (χ3n) is 1.69. The second kappa shape index (κ2) is 5.65. The van der Waals surface area contributed by atoms with Crippen molar-refractivity contribution in [2.75, 3.05) is 24.3 Å². The molecular weight excluding hydrogens is 204 g/mol. The molecule has 0 amide bonds. The smallest absolute Gasteiger partial charge is 0.156 e. The normalized spacial score (nSPS) is 27.5. The molecule has 0 spiro atoms. The molecule has 1 heterocycles. The summed E-state index contributed by atoms with van der Waals surface area (Å²) in [5, 5.41) is 4.33. The molecule has 1 saturated heterocycles. The standard InChI is InChI=1S/C8H16N2OS2/c1-7-6-12-8(10-7)9-4-3-5-13(2)11/h7H,3-6H2,1-2H3,(H,9,10). The Balaban J connectivity index is 2.13. The minimum absolute atomic E-state index is 0.545. The van der Waals surface area contributed by atoms with Crippen LogP contribution in [0.4, 0.5) is 0 Å². The second-order valence-electron chi connectivity index (χ2n) is 3.17. The molecule has 1 N–H and O–H groups in total. The van der Waals surface area contributed by atoms with Crippen LogP contribution in [0.25, 0.3) is 0 Å². The highest BCUT2D eigenvalue weighted by molar-refractivity contribution is 8.14. The van der Waals surface area contributed by atoms with Crippen LogP contribution in [0, 0.1) is 0 Å². The van der Waals surface area contributed by atoms with Crippen LogP contribution in [0.3, 0.4) is 0 Å². The predicted molar refractivity (Wildman–Crippen MR) is 60.9 cm³/mol. The van der Waals surface area contributed by atoms with Crippen LogP contribution in [0.15, 0.2) is 4.99 Å². The van der Waals surface area contributed by atoms with Crippen molar-refractivity contribution in [1.29, 1.82) is 0 Å². The summed E-state index contributed by atoms with van der Waals surface area (Å²) in [5.74, 6) is 1.87. The Kier molecular flexibility index (Phi) is 4.80. The topological polar surface area (TPSA) is 41.5 Å². The molecule has 0 aliphatic carbocycles. The van der Waals surface area contributed by atoms with Gasteiger partial charge in [-0.2, -0.15) is 0 Å². The van der Waals surface area contributed by atoms with Crippen LogP contribution in [0.5, 0.6) is 0 Å². The van der Waals surface area contributed by atoms with E-state index in [4.69, 9.17) is 0 Å². The minimum Gasteiger partial charge on any atom is -0.362 e. The molecule has 1 rings (SSSR count). The molecule has 2 unspecified atom stereocenters. The van der Waals surface area contributed by atoms with Gasteiger partial charge in [0.2, 0.25) is 0 Å². The summed E-state index contributed by atoms with van der Waals surface area (Å²) in [5.41, 5.74) is 0. The maximum absolute atomic E-state index is 10.7. The zero-order valence-electron chi connectivity index (χ0n) is 8.08. The minimum atomic E-state index is -0.672. The highest BCUT2D eigenvalue weighted by Gasteiger charge is 2.14. The maximum Gasteiger partial charge on any atom is 0.156 e. The number of amidine groups is 1. The molecule has 76 valence electrons. The van der Waals surface area contributed by atoms with Crippen LogP contribution < -0.4 is 5.32 Å². The van der Waals surface area contributed by atoms with Crippen LogP contribution in [0.2, 0.25) is 0 Å². The van der Waals surface area contributed by atoms with Crippen LogP contribution >= 0.6 is 11.8 Å². The molecule has 13 heavy (non-hydrogen) atoms. The van der Waals surface area contributed by atoms with Crippen molar-refractivity contribution < 1.29 is 4.21 Å². The molecule has 0 aromatic rings. The van der Waals surface area contributed by atoms with Gasteiger partial charge in [0, 0.05) is 41.1 Å². The van der Waals surface area contributed by atoms with E-state index in [1.165, 1.54) is 0 Å². The fraction of sp³-hybridized carbons (Fsp3) is 0.875. The van der Waals surface area contributed by atoms with Gasteiger partial charge in [0.1, 0.15) is 0 Å². The van der Waals surface area contributed by atoms with E-state index in [-0.39, 0.29) is 0 Å². The lowest BCUT2D eigenvalue weighted by Crippen LogP contribution is -2.23. The molecule has 2 atom stereocenters. The summed E-state index contributed by atoms with van der Waals surface area (Å²) in [6.45, 7) is 2.94. The summed E-state index contributed by atoms with van der Waals surface area (Å²) in [6, 6.07) is 0.545. The summed E-state index contributed by atoms with van der Waals surface area (Å²) < 4.78 is 10.7. The molecule has 0 aromatic carbocycles. The average Bonchev–Trinajstić information content (AvgIpc) is 2.45. The van der Waals surface area contributed by atoms with Gasteiger partial charge in [-0.15, -0.1) is 0 Å². The van der Waals surface area contributed by atoms with Crippen molar-refractivity contribution in [1.82, 2.24) is 5.32 Å². The predicted octanol–water partition coefficient (Wildman–Crippen LogP) is 0.836. The van der Waals surface area contributed by atoms with Crippen LogP contribution in [-0.2, 0) is 10.8 Å². The largest absolute Gasteiger partial charge is 0.362 e. The van der Waals surface area contributed by atoms with Gasteiger partial charge >= 0.3 is 0 Å². The number of hydrogen-bond acceptors (Lipinski definition) is 3. The van der Waals surface area contributed by atoms with E-state index in [9.17, 15) is 4.21 Å². The van der Waals surface area contributed by atoms with Gasteiger partial charge in [0.05, 0.1) is 0 Å². The van der Waals surface area contributed by atoms with E-state index in [1.807, 2.05) is 0 Å². The van der Waals surface area contributed by atoms with E-state index in [2.05, 4.69) is 17.2 Å². The van der Waals surface area contributed by atoms with Gasteiger partial charge in [-0.25, -0.2) is 0 Å². The third-order valence-corrected chi connectivity index (χ3v) is 3.74. The lowest BCUT2D eigenvalue weighted by atomic mass is 10.4. The maximum atomic E-state index is 10.7. The van der Waals surface area contributed by atoms with E-state index >= 15 is 0 Å². The van der Waals surface area contributed by atoms with Gasteiger partial charge in [-0.1, -0.05) is 11.8 Å². The summed E-state index contributed by atoms with van der Waals surface area (Å²) >= 11 is 1.77. The Labute approximate surface area is 86.2 Å². The highest BCUT2D eigenvalue weighted by atomic mass is 32.2. The van der Waals surface area contributed by atoms with Gasteiger partial charge in [-0.3, -0.25) is 9.20 Å². The number of thioether (sulfide) groups is 1. The number of rotatable bonds is 4. The number of aliphatic imine (C=N–C) groups is 1. The number of hydrogen-bond donors (Lipinski definition) is 1. The molecule has 5 heteroatoms. The van der Waals surface area contributed by atoms with Gasteiger partial charge in [-0.05, 0) is 13.3 Å². The van der Waals surface area contributed by atoms with Gasteiger partial charge < -0.3 is 5.32 Å². The first-order valence-electron chi connectivity index (χ1n) is 4.42. The molecular formula is C8H16N2OS2. The molecule has 0 radical (unpaired) electrons.